The normalized spacial score (nSPS) is 13.2. The summed E-state index contributed by atoms with van der Waals surface area (Å²) >= 11 is 0. The Labute approximate surface area is 107 Å². The van der Waals surface area contributed by atoms with E-state index in [0.29, 0.717) is 11.3 Å². The van der Waals surface area contributed by atoms with E-state index in [4.69, 9.17) is 9.47 Å². The van der Waals surface area contributed by atoms with Crippen LogP contribution < -0.4 is 5.32 Å². The highest BCUT2D eigenvalue weighted by molar-refractivity contribution is 5.88. The highest BCUT2D eigenvalue weighted by Gasteiger charge is 2.37. The number of aliphatic hydroxyl groups is 1. The third kappa shape index (κ3) is 2.87. The summed E-state index contributed by atoms with van der Waals surface area (Å²) in [7, 11) is 2.94. The summed E-state index contributed by atoms with van der Waals surface area (Å²) in [5.74, 6) is -1.34. The van der Waals surface area contributed by atoms with Crippen LogP contribution in [0.25, 0.3) is 0 Å². The standard InChI is InChI=1S/C13H19NO4/c1-9(15)13(17-3,18-4)11-5-7-12(8-6-11)14-10(2)16/h5-9,15H,1-4H3,(H,14,16). The lowest BCUT2D eigenvalue weighted by Crippen LogP contribution is -2.41. The smallest absolute Gasteiger partial charge is 0.221 e. The molecular weight excluding hydrogens is 234 g/mol. The van der Waals surface area contributed by atoms with Gasteiger partial charge in [0.05, 0.1) is 0 Å². The molecule has 2 N–H and O–H groups in total. The molecule has 0 aliphatic carbocycles. The number of amides is 1. The van der Waals surface area contributed by atoms with Crippen LogP contribution in [0.2, 0.25) is 0 Å². The fourth-order valence-electron chi connectivity index (χ4n) is 1.89. The monoisotopic (exact) mass is 253 g/mol. The largest absolute Gasteiger partial charge is 0.387 e. The number of hydrogen-bond donors (Lipinski definition) is 2. The fourth-order valence-corrected chi connectivity index (χ4v) is 1.89. The Hall–Kier alpha value is -1.43. The molecule has 1 aromatic rings. The summed E-state index contributed by atoms with van der Waals surface area (Å²) in [5.41, 5.74) is 1.36. The second-order valence-corrected chi connectivity index (χ2v) is 4.01. The highest BCUT2D eigenvalue weighted by atomic mass is 16.7. The third-order valence-electron chi connectivity index (χ3n) is 2.76. The van der Waals surface area contributed by atoms with Gasteiger partial charge in [0.1, 0.15) is 6.10 Å². The Bertz CT molecular complexity index is 396. The van der Waals surface area contributed by atoms with Crippen LogP contribution in [0.15, 0.2) is 24.3 Å². The third-order valence-corrected chi connectivity index (χ3v) is 2.76. The molecule has 0 saturated carbocycles. The number of ether oxygens (including phenoxy) is 2. The predicted molar refractivity (Wildman–Crippen MR) is 68.1 cm³/mol. The second kappa shape index (κ2) is 5.95. The summed E-state index contributed by atoms with van der Waals surface area (Å²) in [6.45, 7) is 3.03. The SMILES string of the molecule is COC(OC)(c1ccc(NC(C)=O)cc1)C(C)O. The summed E-state index contributed by atoms with van der Waals surface area (Å²) in [6, 6.07) is 6.94. The van der Waals surface area contributed by atoms with E-state index >= 15 is 0 Å². The molecule has 0 fully saturated rings. The molecule has 0 aliphatic rings. The molecular formula is C13H19NO4. The average Bonchev–Trinajstić information content (AvgIpc) is 2.32. The molecule has 100 valence electrons. The first-order valence-corrected chi connectivity index (χ1v) is 5.62. The van der Waals surface area contributed by atoms with Crippen molar-refractivity contribution in [3.63, 3.8) is 0 Å². The number of carbonyl (C=O) groups excluding carboxylic acids is 1. The molecule has 0 bridgehead atoms. The molecule has 1 amide bonds. The zero-order valence-electron chi connectivity index (χ0n) is 11.1. The lowest BCUT2D eigenvalue weighted by molar-refractivity contribution is -0.264. The maximum Gasteiger partial charge on any atom is 0.221 e. The van der Waals surface area contributed by atoms with Gasteiger partial charge in [-0.05, 0) is 19.1 Å². The lowest BCUT2D eigenvalue weighted by atomic mass is 10.0. The molecule has 5 nitrogen and oxygen atoms in total. The Morgan fingerprint density at radius 3 is 2.11 bits per heavy atom. The van der Waals surface area contributed by atoms with Crippen LogP contribution in [0, 0.1) is 0 Å². The quantitative estimate of drug-likeness (QED) is 0.780. The van der Waals surface area contributed by atoms with Crippen molar-refractivity contribution < 1.29 is 19.4 Å². The average molecular weight is 253 g/mol. The first-order valence-electron chi connectivity index (χ1n) is 5.62. The fraction of sp³-hybridized carbons (Fsp3) is 0.462. The second-order valence-electron chi connectivity index (χ2n) is 4.01. The van der Waals surface area contributed by atoms with Gasteiger partial charge in [-0.25, -0.2) is 0 Å². The first kappa shape index (κ1) is 14.6. The van der Waals surface area contributed by atoms with Gasteiger partial charge in [-0.15, -0.1) is 0 Å². The van der Waals surface area contributed by atoms with Gasteiger partial charge in [-0.2, -0.15) is 0 Å². The summed E-state index contributed by atoms with van der Waals surface area (Å²) < 4.78 is 10.6. The minimum atomic E-state index is -1.20. The summed E-state index contributed by atoms with van der Waals surface area (Å²) in [6.07, 6.45) is -0.834. The van der Waals surface area contributed by atoms with E-state index < -0.39 is 11.9 Å². The number of rotatable bonds is 5. The van der Waals surface area contributed by atoms with E-state index in [9.17, 15) is 9.90 Å². The Kier molecular flexibility index (Phi) is 4.84. The number of benzene rings is 1. The van der Waals surface area contributed by atoms with Gasteiger partial charge in [-0.3, -0.25) is 4.79 Å². The molecule has 5 heteroatoms. The van der Waals surface area contributed by atoms with Gasteiger partial charge in [0, 0.05) is 32.4 Å². The van der Waals surface area contributed by atoms with E-state index in [1.165, 1.54) is 21.1 Å². The zero-order valence-corrected chi connectivity index (χ0v) is 11.1. The summed E-state index contributed by atoms with van der Waals surface area (Å²) in [4.78, 5) is 10.9. The van der Waals surface area contributed by atoms with Crippen molar-refractivity contribution in [1.29, 1.82) is 0 Å². The molecule has 1 rings (SSSR count). The van der Waals surface area contributed by atoms with Crippen molar-refractivity contribution >= 4 is 11.6 Å². The lowest BCUT2D eigenvalue weighted by Gasteiger charge is -2.34. The summed E-state index contributed by atoms with van der Waals surface area (Å²) in [5, 5.41) is 12.5. The van der Waals surface area contributed by atoms with Crippen LogP contribution >= 0.6 is 0 Å². The van der Waals surface area contributed by atoms with Crippen molar-refractivity contribution in [1.82, 2.24) is 0 Å². The highest BCUT2D eigenvalue weighted by Crippen LogP contribution is 2.30. The number of aliphatic hydroxyl groups excluding tert-OH is 1. The molecule has 0 spiro atoms. The number of anilines is 1. The molecule has 1 unspecified atom stereocenters. The Morgan fingerprint density at radius 1 is 1.28 bits per heavy atom. The van der Waals surface area contributed by atoms with Crippen LogP contribution in [0.5, 0.6) is 0 Å². The molecule has 0 aliphatic heterocycles. The van der Waals surface area contributed by atoms with Crippen molar-refractivity contribution in [2.75, 3.05) is 19.5 Å². The van der Waals surface area contributed by atoms with Crippen molar-refractivity contribution in [2.45, 2.75) is 25.7 Å². The molecule has 0 heterocycles. The van der Waals surface area contributed by atoms with Crippen LogP contribution in [-0.2, 0) is 20.1 Å². The van der Waals surface area contributed by atoms with Gasteiger partial charge >= 0.3 is 0 Å². The van der Waals surface area contributed by atoms with E-state index in [0.717, 1.165) is 0 Å². The minimum absolute atomic E-state index is 0.136. The molecule has 0 radical (unpaired) electrons. The number of carbonyl (C=O) groups is 1. The van der Waals surface area contributed by atoms with E-state index in [1.54, 1.807) is 31.2 Å². The van der Waals surface area contributed by atoms with Gasteiger partial charge in [0.2, 0.25) is 11.7 Å². The van der Waals surface area contributed by atoms with Crippen molar-refractivity contribution in [2.24, 2.45) is 0 Å². The van der Waals surface area contributed by atoms with Gasteiger partial charge < -0.3 is 19.9 Å². The van der Waals surface area contributed by atoms with Gasteiger partial charge in [-0.1, -0.05) is 12.1 Å². The first-order chi connectivity index (χ1) is 8.46. The number of nitrogens with one attached hydrogen (secondary N) is 1. The molecule has 0 aromatic heterocycles. The molecule has 1 aromatic carbocycles. The van der Waals surface area contributed by atoms with E-state index in [-0.39, 0.29) is 5.91 Å². The van der Waals surface area contributed by atoms with Gasteiger partial charge in [0.15, 0.2) is 0 Å². The van der Waals surface area contributed by atoms with Crippen LogP contribution in [-0.4, -0.2) is 31.3 Å². The Balaban J connectivity index is 3.04. The maximum atomic E-state index is 10.9. The topological polar surface area (TPSA) is 67.8 Å². The van der Waals surface area contributed by atoms with Crippen LogP contribution in [0.4, 0.5) is 5.69 Å². The molecule has 1 atom stereocenters. The molecule has 18 heavy (non-hydrogen) atoms. The van der Waals surface area contributed by atoms with Crippen molar-refractivity contribution in [3.05, 3.63) is 29.8 Å². The van der Waals surface area contributed by atoms with Crippen LogP contribution in [0.1, 0.15) is 19.4 Å². The van der Waals surface area contributed by atoms with Crippen molar-refractivity contribution in [3.8, 4) is 0 Å². The number of methoxy groups -OCH3 is 2. The van der Waals surface area contributed by atoms with E-state index in [1.807, 2.05) is 0 Å². The van der Waals surface area contributed by atoms with Gasteiger partial charge in [0.25, 0.3) is 0 Å². The zero-order chi connectivity index (χ0) is 13.8. The number of hydrogen-bond acceptors (Lipinski definition) is 4. The minimum Gasteiger partial charge on any atom is -0.387 e. The predicted octanol–water partition coefficient (Wildman–Crippen LogP) is 1.47. The van der Waals surface area contributed by atoms with E-state index in [2.05, 4.69) is 5.32 Å². The Morgan fingerprint density at radius 2 is 1.78 bits per heavy atom. The maximum absolute atomic E-state index is 10.9. The van der Waals surface area contributed by atoms with Crippen LogP contribution in [0.3, 0.4) is 0 Å². The molecule has 0 saturated heterocycles.